The van der Waals surface area contributed by atoms with Crippen LogP contribution in [0.15, 0.2) is 72.2 Å². The number of nitrogens with two attached hydrogens (primary N) is 2. The first-order valence-electron chi connectivity index (χ1n) is 7.96. The van der Waals surface area contributed by atoms with Crippen molar-refractivity contribution in [1.82, 2.24) is 4.98 Å². The summed E-state index contributed by atoms with van der Waals surface area (Å²) in [5.74, 6) is 0. The first-order chi connectivity index (χ1) is 12.0. The van der Waals surface area contributed by atoms with Crippen LogP contribution in [0.2, 0.25) is 0 Å². The van der Waals surface area contributed by atoms with E-state index in [0.29, 0.717) is 17.1 Å². The third kappa shape index (κ3) is 3.75. The summed E-state index contributed by atoms with van der Waals surface area (Å²) in [5, 5.41) is 0. The van der Waals surface area contributed by atoms with Crippen LogP contribution >= 0.6 is 0 Å². The van der Waals surface area contributed by atoms with Gasteiger partial charge in [0.2, 0.25) is 0 Å². The van der Waals surface area contributed by atoms with Gasteiger partial charge in [0.1, 0.15) is 0 Å². The molecule has 0 saturated carbocycles. The van der Waals surface area contributed by atoms with Crippen molar-refractivity contribution in [3.63, 3.8) is 0 Å². The summed E-state index contributed by atoms with van der Waals surface area (Å²) in [5.41, 5.74) is 18.1. The second-order valence-corrected chi connectivity index (χ2v) is 5.82. The molecule has 0 saturated heterocycles. The average Bonchev–Trinajstić information content (AvgIpc) is 2.63. The highest BCUT2D eigenvalue weighted by Gasteiger charge is 2.07. The summed E-state index contributed by atoms with van der Waals surface area (Å²) in [6.07, 6.45) is 1.66. The van der Waals surface area contributed by atoms with Crippen LogP contribution in [-0.4, -0.2) is 11.2 Å². The van der Waals surface area contributed by atoms with Crippen molar-refractivity contribution in [2.24, 2.45) is 4.99 Å². The third-order valence-electron chi connectivity index (χ3n) is 3.91. The SMILES string of the molecule is C=C(/N=C\c1cc(N)ccc1N)c1ccc(C)c(-c2ccccc2)n1. The topological polar surface area (TPSA) is 77.3 Å². The highest BCUT2D eigenvalue weighted by Crippen LogP contribution is 2.24. The van der Waals surface area contributed by atoms with Gasteiger partial charge in [-0.15, -0.1) is 0 Å². The predicted molar refractivity (Wildman–Crippen MR) is 106 cm³/mol. The van der Waals surface area contributed by atoms with Crippen molar-refractivity contribution in [3.05, 3.63) is 84.1 Å². The number of nitrogen functional groups attached to an aromatic ring is 2. The summed E-state index contributed by atoms with van der Waals surface area (Å²) < 4.78 is 0. The van der Waals surface area contributed by atoms with Crippen LogP contribution in [0.3, 0.4) is 0 Å². The lowest BCUT2D eigenvalue weighted by Gasteiger charge is -2.08. The maximum Gasteiger partial charge on any atom is 0.0887 e. The Hall–Kier alpha value is -3.40. The smallest absolute Gasteiger partial charge is 0.0887 e. The van der Waals surface area contributed by atoms with E-state index >= 15 is 0 Å². The lowest BCUT2D eigenvalue weighted by Crippen LogP contribution is -1.96. The van der Waals surface area contributed by atoms with Crippen LogP contribution in [0.4, 0.5) is 11.4 Å². The van der Waals surface area contributed by atoms with E-state index in [1.165, 1.54) is 0 Å². The monoisotopic (exact) mass is 328 g/mol. The van der Waals surface area contributed by atoms with Gasteiger partial charge in [-0.25, -0.2) is 4.98 Å². The highest BCUT2D eigenvalue weighted by atomic mass is 14.8. The van der Waals surface area contributed by atoms with Crippen molar-refractivity contribution >= 4 is 23.3 Å². The fraction of sp³-hybridized carbons (Fsp3) is 0.0476. The molecule has 25 heavy (non-hydrogen) atoms. The zero-order chi connectivity index (χ0) is 17.8. The molecular formula is C21H20N4. The molecular weight excluding hydrogens is 308 g/mol. The fourth-order valence-electron chi connectivity index (χ4n) is 2.50. The molecule has 4 N–H and O–H groups in total. The molecule has 3 aromatic rings. The molecule has 0 fully saturated rings. The predicted octanol–water partition coefficient (Wildman–Crippen LogP) is 4.31. The Morgan fingerprint density at radius 2 is 1.80 bits per heavy atom. The maximum atomic E-state index is 5.94. The minimum absolute atomic E-state index is 0.569. The quantitative estimate of drug-likeness (QED) is 0.553. The van der Waals surface area contributed by atoms with Gasteiger partial charge in [0, 0.05) is 28.7 Å². The Kier molecular flexibility index (Phi) is 4.61. The van der Waals surface area contributed by atoms with Crippen molar-refractivity contribution in [2.75, 3.05) is 11.5 Å². The van der Waals surface area contributed by atoms with E-state index in [9.17, 15) is 0 Å². The van der Waals surface area contributed by atoms with E-state index in [4.69, 9.17) is 16.5 Å². The van der Waals surface area contributed by atoms with Crippen LogP contribution in [0.1, 0.15) is 16.8 Å². The van der Waals surface area contributed by atoms with Crippen molar-refractivity contribution in [3.8, 4) is 11.3 Å². The number of aromatic nitrogens is 1. The molecule has 4 nitrogen and oxygen atoms in total. The molecule has 1 aromatic heterocycles. The molecule has 124 valence electrons. The molecule has 0 unspecified atom stereocenters. The lowest BCUT2D eigenvalue weighted by atomic mass is 10.1. The number of pyridine rings is 1. The van der Waals surface area contributed by atoms with Crippen molar-refractivity contribution in [2.45, 2.75) is 6.92 Å². The second-order valence-electron chi connectivity index (χ2n) is 5.82. The van der Waals surface area contributed by atoms with Gasteiger partial charge in [-0.2, -0.15) is 0 Å². The van der Waals surface area contributed by atoms with Gasteiger partial charge < -0.3 is 11.5 Å². The average molecular weight is 328 g/mol. The van der Waals surface area contributed by atoms with Gasteiger partial charge in [-0.3, -0.25) is 4.99 Å². The summed E-state index contributed by atoms with van der Waals surface area (Å²) >= 11 is 0. The minimum atomic E-state index is 0.569. The van der Waals surface area contributed by atoms with Crippen molar-refractivity contribution < 1.29 is 0 Å². The van der Waals surface area contributed by atoms with E-state index in [1.54, 1.807) is 24.4 Å². The Labute approximate surface area is 147 Å². The van der Waals surface area contributed by atoms with Gasteiger partial charge >= 0.3 is 0 Å². The molecule has 0 aliphatic carbocycles. The maximum absolute atomic E-state index is 5.94. The van der Waals surface area contributed by atoms with Crippen LogP contribution in [0.5, 0.6) is 0 Å². The van der Waals surface area contributed by atoms with Gasteiger partial charge in [0.25, 0.3) is 0 Å². The number of aliphatic imine (C=N–C) groups is 1. The largest absolute Gasteiger partial charge is 0.399 e. The Balaban J connectivity index is 1.90. The van der Waals surface area contributed by atoms with Crippen molar-refractivity contribution in [1.29, 1.82) is 0 Å². The molecule has 0 aliphatic heterocycles. The molecule has 0 atom stereocenters. The molecule has 0 spiro atoms. The van der Waals surface area contributed by atoms with E-state index in [2.05, 4.69) is 11.6 Å². The first-order valence-corrected chi connectivity index (χ1v) is 7.96. The highest BCUT2D eigenvalue weighted by molar-refractivity contribution is 5.91. The molecule has 0 amide bonds. The zero-order valence-corrected chi connectivity index (χ0v) is 14.1. The van der Waals surface area contributed by atoms with E-state index in [0.717, 1.165) is 28.1 Å². The van der Waals surface area contributed by atoms with Crippen LogP contribution in [0.25, 0.3) is 17.0 Å². The van der Waals surface area contributed by atoms with Gasteiger partial charge in [-0.1, -0.05) is 43.0 Å². The number of anilines is 2. The molecule has 2 aromatic carbocycles. The van der Waals surface area contributed by atoms with E-state index in [1.807, 2.05) is 49.4 Å². The molecule has 0 radical (unpaired) electrons. The standard InChI is InChI=1S/C21H20N4/c1-14-8-11-20(25-21(14)16-6-4-3-5-7-16)15(2)24-13-17-12-18(22)9-10-19(17)23/h3-13H,2,22-23H2,1H3/b24-13-. The second kappa shape index (κ2) is 7.01. The number of rotatable bonds is 4. The van der Waals surface area contributed by atoms with Crippen LogP contribution in [-0.2, 0) is 0 Å². The van der Waals surface area contributed by atoms with Gasteiger partial charge in [-0.05, 0) is 36.8 Å². The van der Waals surface area contributed by atoms with Gasteiger partial charge in [0.05, 0.1) is 17.1 Å². The number of aryl methyl sites for hydroxylation is 1. The summed E-state index contributed by atoms with van der Waals surface area (Å²) in [4.78, 5) is 9.14. The fourth-order valence-corrected chi connectivity index (χ4v) is 2.50. The Bertz CT molecular complexity index is 943. The molecule has 4 heteroatoms. The number of nitrogens with zero attached hydrogens (tertiary/aromatic N) is 2. The molecule has 0 bridgehead atoms. The normalized spacial score (nSPS) is 10.9. The minimum Gasteiger partial charge on any atom is -0.399 e. The Morgan fingerprint density at radius 3 is 2.56 bits per heavy atom. The first kappa shape index (κ1) is 16.5. The van der Waals surface area contributed by atoms with E-state index in [-0.39, 0.29) is 0 Å². The summed E-state index contributed by atoms with van der Waals surface area (Å²) in [6, 6.07) is 19.3. The summed E-state index contributed by atoms with van der Waals surface area (Å²) in [6.45, 7) is 6.06. The third-order valence-corrected chi connectivity index (χ3v) is 3.91. The number of benzene rings is 2. The lowest BCUT2D eigenvalue weighted by molar-refractivity contribution is 1.22. The molecule has 3 rings (SSSR count). The number of hydrogen-bond donors (Lipinski definition) is 2. The van der Waals surface area contributed by atoms with Gasteiger partial charge in [0.15, 0.2) is 0 Å². The number of hydrogen-bond acceptors (Lipinski definition) is 4. The molecule has 1 heterocycles. The van der Waals surface area contributed by atoms with E-state index < -0.39 is 0 Å². The summed E-state index contributed by atoms with van der Waals surface area (Å²) in [7, 11) is 0. The zero-order valence-electron chi connectivity index (χ0n) is 14.1. The Morgan fingerprint density at radius 1 is 1.04 bits per heavy atom. The van der Waals surface area contributed by atoms with Crippen LogP contribution < -0.4 is 11.5 Å². The van der Waals surface area contributed by atoms with Crippen LogP contribution in [0, 0.1) is 6.92 Å². The molecule has 0 aliphatic rings.